The number of rotatable bonds is 4. The smallest absolute Gasteiger partial charge is 0.308 e. The van der Waals surface area contributed by atoms with Crippen LogP contribution < -0.4 is 14.2 Å². The van der Waals surface area contributed by atoms with Crippen LogP contribution in [0, 0.1) is 0 Å². The van der Waals surface area contributed by atoms with E-state index in [-0.39, 0.29) is 39.6 Å². The molecule has 0 bridgehead atoms. The zero-order valence-corrected chi connectivity index (χ0v) is 17.4. The van der Waals surface area contributed by atoms with Crippen LogP contribution in [0.2, 0.25) is 0 Å². The summed E-state index contributed by atoms with van der Waals surface area (Å²) in [5.74, 6) is -2.40. The number of methoxy groups -OCH3 is 1. The lowest BCUT2D eigenvalue weighted by Gasteiger charge is -2.22. The van der Waals surface area contributed by atoms with Crippen molar-refractivity contribution in [3.8, 4) is 28.5 Å². The van der Waals surface area contributed by atoms with Gasteiger partial charge in [-0.25, -0.2) is 4.98 Å². The van der Waals surface area contributed by atoms with Crippen molar-refractivity contribution in [3.63, 3.8) is 0 Å². The molecule has 1 aromatic heterocycles. The second kappa shape index (κ2) is 8.07. The Bertz CT molecular complexity index is 1300. The maximum absolute atomic E-state index is 13.4. The fourth-order valence-corrected chi connectivity index (χ4v) is 3.54. The minimum Gasteiger partial charge on any atom is -0.496 e. The number of pyridine rings is 1. The number of ketones is 2. The van der Waals surface area contributed by atoms with Crippen LogP contribution in [-0.4, -0.2) is 35.6 Å². The molecule has 0 amide bonds. The number of aromatic nitrogens is 1. The molecule has 1 aliphatic carbocycles. The SMILES string of the molecule is COc1cc(OC(C)=O)cc2c1C(=O)c1c(OC(C)=O)cc(-c3ccccc3)nc1C2=O. The molecule has 0 spiro atoms. The van der Waals surface area contributed by atoms with Crippen molar-refractivity contribution in [2.75, 3.05) is 7.11 Å². The van der Waals surface area contributed by atoms with E-state index in [1.165, 1.54) is 39.2 Å². The summed E-state index contributed by atoms with van der Waals surface area (Å²) in [6.07, 6.45) is 0. The van der Waals surface area contributed by atoms with Gasteiger partial charge in [-0.2, -0.15) is 0 Å². The highest BCUT2D eigenvalue weighted by molar-refractivity contribution is 6.30. The average Bonchev–Trinajstić information content (AvgIpc) is 2.76. The van der Waals surface area contributed by atoms with E-state index in [0.717, 1.165) is 0 Å². The van der Waals surface area contributed by atoms with Gasteiger partial charge >= 0.3 is 11.9 Å². The van der Waals surface area contributed by atoms with Crippen molar-refractivity contribution in [2.45, 2.75) is 13.8 Å². The monoisotopic (exact) mass is 431 g/mol. The number of carbonyl (C=O) groups excluding carboxylic acids is 4. The summed E-state index contributed by atoms with van der Waals surface area (Å²) in [6, 6.07) is 13.0. The highest BCUT2D eigenvalue weighted by Gasteiger charge is 2.38. The van der Waals surface area contributed by atoms with Gasteiger partial charge in [0.1, 0.15) is 22.9 Å². The highest BCUT2D eigenvalue weighted by atomic mass is 16.5. The summed E-state index contributed by atoms with van der Waals surface area (Å²) in [4.78, 5) is 54.4. The Morgan fingerprint density at radius 2 is 1.50 bits per heavy atom. The average molecular weight is 431 g/mol. The van der Waals surface area contributed by atoms with E-state index >= 15 is 0 Å². The van der Waals surface area contributed by atoms with Crippen LogP contribution in [0.5, 0.6) is 17.2 Å². The number of carbonyl (C=O) groups is 4. The molecule has 8 heteroatoms. The Kier molecular flexibility index (Phi) is 5.28. The molecule has 8 nitrogen and oxygen atoms in total. The van der Waals surface area contributed by atoms with E-state index in [1.54, 1.807) is 24.3 Å². The van der Waals surface area contributed by atoms with Gasteiger partial charge in [-0.1, -0.05) is 30.3 Å². The van der Waals surface area contributed by atoms with Gasteiger partial charge in [0.05, 0.1) is 23.9 Å². The van der Waals surface area contributed by atoms with Crippen molar-refractivity contribution >= 4 is 23.5 Å². The molecule has 160 valence electrons. The quantitative estimate of drug-likeness (QED) is 0.357. The molecule has 0 unspecified atom stereocenters. The second-order valence-corrected chi connectivity index (χ2v) is 6.99. The molecule has 0 saturated carbocycles. The summed E-state index contributed by atoms with van der Waals surface area (Å²) < 4.78 is 15.7. The molecule has 4 rings (SSSR count). The van der Waals surface area contributed by atoms with Gasteiger partial charge in [0, 0.05) is 37.1 Å². The third kappa shape index (κ3) is 3.62. The second-order valence-electron chi connectivity index (χ2n) is 6.99. The van der Waals surface area contributed by atoms with Gasteiger partial charge in [0.15, 0.2) is 0 Å². The van der Waals surface area contributed by atoms with E-state index in [1.807, 2.05) is 6.07 Å². The van der Waals surface area contributed by atoms with Crippen molar-refractivity contribution in [1.29, 1.82) is 0 Å². The molecular weight excluding hydrogens is 414 g/mol. The van der Waals surface area contributed by atoms with E-state index in [0.29, 0.717) is 11.3 Å². The van der Waals surface area contributed by atoms with Crippen LogP contribution in [-0.2, 0) is 9.59 Å². The highest BCUT2D eigenvalue weighted by Crippen LogP contribution is 2.40. The molecule has 1 heterocycles. The van der Waals surface area contributed by atoms with Crippen LogP contribution >= 0.6 is 0 Å². The summed E-state index contributed by atoms with van der Waals surface area (Å²) in [6.45, 7) is 2.41. The van der Waals surface area contributed by atoms with Crippen molar-refractivity contribution < 1.29 is 33.4 Å². The van der Waals surface area contributed by atoms with Crippen LogP contribution in [0.4, 0.5) is 0 Å². The number of fused-ring (bicyclic) bond motifs is 2. The maximum atomic E-state index is 13.4. The number of hydrogen-bond acceptors (Lipinski definition) is 8. The number of nitrogens with zero attached hydrogens (tertiary/aromatic N) is 1. The predicted molar refractivity (Wildman–Crippen MR) is 112 cm³/mol. The van der Waals surface area contributed by atoms with Gasteiger partial charge in [-0.05, 0) is 6.07 Å². The Morgan fingerprint density at radius 3 is 2.12 bits per heavy atom. The number of benzene rings is 2. The fraction of sp³-hybridized carbons (Fsp3) is 0.125. The van der Waals surface area contributed by atoms with Crippen LogP contribution in [0.3, 0.4) is 0 Å². The maximum Gasteiger partial charge on any atom is 0.308 e. The largest absolute Gasteiger partial charge is 0.496 e. The Morgan fingerprint density at radius 1 is 0.812 bits per heavy atom. The lowest BCUT2D eigenvalue weighted by Crippen LogP contribution is -2.25. The van der Waals surface area contributed by atoms with Crippen molar-refractivity contribution in [1.82, 2.24) is 4.98 Å². The molecule has 0 atom stereocenters. The predicted octanol–water partition coefficient (Wildman–Crippen LogP) is 3.38. The Hall–Kier alpha value is -4.33. The normalized spacial score (nSPS) is 12.0. The van der Waals surface area contributed by atoms with Crippen LogP contribution in [0.25, 0.3) is 11.3 Å². The fourth-order valence-electron chi connectivity index (χ4n) is 3.54. The first kappa shape index (κ1) is 20.9. The standard InChI is InChI=1S/C24H17NO7/c1-12(26)31-15-9-16-20(18(10-15)30-3)24(29)21-19(32-13(2)27)11-17(25-22(21)23(16)28)14-7-5-4-6-8-14/h4-11H,1-3H3. The lowest BCUT2D eigenvalue weighted by atomic mass is 9.85. The third-order valence-electron chi connectivity index (χ3n) is 4.78. The third-order valence-corrected chi connectivity index (χ3v) is 4.78. The van der Waals surface area contributed by atoms with Crippen molar-refractivity contribution in [3.05, 3.63) is 70.9 Å². The van der Waals surface area contributed by atoms with Gasteiger partial charge in [0.25, 0.3) is 0 Å². The Labute approximate surface area is 182 Å². The van der Waals surface area contributed by atoms with E-state index in [9.17, 15) is 19.2 Å². The summed E-state index contributed by atoms with van der Waals surface area (Å²) in [5.41, 5.74) is 0.681. The number of hydrogen-bond donors (Lipinski definition) is 0. The molecule has 0 N–H and O–H groups in total. The number of ether oxygens (including phenoxy) is 3. The van der Waals surface area contributed by atoms with E-state index in [4.69, 9.17) is 14.2 Å². The Balaban J connectivity index is 1.98. The van der Waals surface area contributed by atoms with Gasteiger partial charge < -0.3 is 14.2 Å². The molecule has 0 aliphatic heterocycles. The minimum atomic E-state index is -0.652. The summed E-state index contributed by atoms with van der Waals surface area (Å²) in [7, 11) is 1.32. The first-order valence-corrected chi connectivity index (χ1v) is 9.59. The molecule has 0 fully saturated rings. The summed E-state index contributed by atoms with van der Waals surface area (Å²) >= 11 is 0. The molecule has 0 saturated heterocycles. The summed E-state index contributed by atoms with van der Waals surface area (Å²) in [5, 5.41) is 0. The lowest BCUT2D eigenvalue weighted by molar-refractivity contribution is -0.132. The minimum absolute atomic E-state index is 0.0235. The number of esters is 2. The molecule has 0 radical (unpaired) electrons. The first-order valence-electron chi connectivity index (χ1n) is 9.59. The topological polar surface area (TPSA) is 109 Å². The molecule has 3 aromatic rings. The van der Waals surface area contributed by atoms with E-state index in [2.05, 4.69) is 4.98 Å². The zero-order valence-electron chi connectivity index (χ0n) is 17.4. The molecule has 2 aromatic carbocycles. The van der Waals surface area contributed by atoms with E-state index < -0.39 is 23.5 Å². The first-order chi connectivity index (χ1) is 15.3. The van der Waals surface area contributed by atoms with Crippen LogP contribution in [0.1, 0.15) is 45.8 Å². The van der Waals surface area contributed by atoms with Gasteiger partial charge in [-0.3, -0.25) is 19.2 Å². The molecule has 1 aliphatic rings. The zero-order chi connectivity index (χ0) is 23.0. The molecular formula is C24H17NO7. The van der Waals surface area contributed by atoms with Crippen LogP contribution in [0.15, 0.2) is 48.5 Å². The van der Waals surface area contributed by atoms with Gasteiger partial charge in [0.2, 0.25) is 11.6 Å². The molecule has 32 heavy (non-hydrogen) atoms. The van der Waals surface area contributed by atoms with Gasteiger partial charge in [-0.15, -0.1) is 0 Å². The van der Waals surface area contributed by atoms with Crippen molar-refractivity contribution in [2.24, 2.45) is 0 Å².